The molecule has 0 bridgehead atoms. The van der Waals surface area contributed by atoms with E-state index in [1.807, 2.05) is 26.8 Å². The third-order valence-corrected chi connectivity index (χ3v) is 8.38. The van der Waals surface area contributed by atoms with Crippen LogP contribution in [0.2, 0.25) is 0 Å². The van der Waals surface area contributed by atoms with Crippen molar-refractivity contribution >= 4 is 28.3 Å². The highest BCUT2D eigenvalue weighted by Crippen LogP contribution is 2.39. The van der Waals surface area contributed by atoms with Crippen LogP contribution in [0, 0.1) is 23.0 Å². The molecule has 3 N–H and O–H groups in total. The molecule has 1 saturated carbocycles. The average molecular weight is 585 g/mol. The van der Waals surface area contributed by atoms with Crippen molar-refractivity contribution in [3.8, 4) is 16.4 Å². The summed E-state index contributed by atoms with van der Waals surface area (Å²) in [6.45, 7) is 6.13. The predicted octanol–water partition coefficient (Wildman–Crippen LogP) is 6.09. The maximum Gasteiger partial charge on any atom is 0.355 e. The molecule has 0 radical (unpaired) electrons. The summed E-state index contributed by atoms with van der Waals surface area (Å²) in [6.07, 6.45) is 3.64. The lowest BCUT2D eigenvalue weighted by molar-refractivity contribution is 0.0691. The molecule has 210 valence electrons. The van der Waals surface area contributed by atoms with Crippen LogP contribution in [0.4, 0.5) is 8.78 Å². The van der Waals surface area contributed by atoms with E-state index in [4.69, 9.17) is 10.2 Å². The highest BCUT2D eigenvalue weighted by Gasteiger charge is 2.30. The molecule has 1 fully saturated rings. The van der Waals surface area contributed by atoms with Crippen molar-refractivity contribution in [2.75, 3.05) is 0 Å². The van der Waals surface area contributed by atoms with Crippen LogP contribution in [0.25, 0.3) is 16.4 Å². The van der Waals surface area contributed by atoms with E-state index in [-0.39, 0.29) is 21.8 Å². The quantitative estimate of drug-likeness (QED) is 0.248. The highest BCUT2D eigenvalue weighted by atomic mass is 32.2. The third-order valence-electron chi connectivity index (χ3n) is 6.80. The minimum absolute atomic E-state index is 0.0716. The molecule has 2 aromatic carbocycles. The van der Waals surface area contributed by atoms with E-state index in [9.17, 15) is 22.9 Å². The van der Waals surface area contributed by atoms with Gasteiger partial charge in [-0.15, -0.1) is 11.3 Å². The van der Waals surface area contributed by atoms with Gasteiger partial charge in [-0.25, -0.2) is 32.6 Å². The molecule has 0 aliphatic heterocycles. The number of nitrogens with two attached hydrogens (primary N) is 1. The second-order valence-electron chi connectivity index (χ2n) is 11.4. The summed E-state index contributed by atoms with van der Waals surface area (Å²) in [5.74, 6) is -1.63. The van der Waals surface area contributed by atoms with Crippen LogP contribution in [0.1, 0.15) is 66.5 Å². The smallest absolute Gasteiger partial charge is 0.355 e. The van der Waals surface area contributed by atoms with E-state index >= 15 is 0 Å². The van der Waals surface area contributed by atoms with Crippen molar-refractivity contribution < 1.29 is 22.9 Å². The Morgan fingerprint density at radius 1 is 1.18 bits per heavy atom. The van der Waals surface area contributed by atoms with Crippen LogP contribution in [-0.4, -0.2) is 30.0 Å². The summed E-state index contributed by atoms with van der Waals surface area (Å²) < 4.78 is 43.0. The molecule has 1 atom stereocenters. The van der Waals surface area contributed by atoms with Gasteiger partial charge in [0.25, 0.3) is 0 Å². The Bertz CT molecular complexity index is 1620. The number of hydrogen-bond acceptors (Lipinski definition) is 5. The fourth-order valence-corrected chi connectivity index (χ4v) is 6.00. The van der Waals surface area contributed by atoms with Crippen LogP contribution in [-0.2, 0) is 30.2 Å². The summed E-state index contributed by atoms with van der Waals surface area (Å²) in [5.41, 5.74) is 3.98. The largest absolute Gasteiger partial charge is 0.476 e. The van der Waals surface area contributed by atoms with E-state index < -0.39 is 22.8 Å². The van der Waals surface area contributed by atoms with Crippen molar-refractivity contribution in [1.29, 1.82) is 0 Å². The highest BCUT2D eigenvalue weighted by molar-refractivity contribution is 7.82. The minimum Gasteiger partial charge on any atom is -0.476 e. The van der Waals surface area contributed by atoms with E-state index in [0.29, 0.717) is 52.7 Å². The first-order chi connectivity index (χ1) is 18.9. The maximum atomic E-state index is 14.9. The van der Waals surface area contributed by atoms with Crippen molar-refractivity contribution in [3.05, 3.63) is 81.5 Å². The molecule has 11 heteroatoms. The first kappa shape index (κ1) is 28.3. The van der Waals surface area contributed by atoms with Gasteiger partial charge in [-0.3, -0.25) is 0 Å². The predicted molar refractivity (Wildman–Crippen MR) is 151 cm³/mol. The Balaban J connectivity index is 1.69. The molecule has 0 amide bonds. The number of carboxylic acid groups (broad SMARTS) is 1. The average Bonchev–Trinajstić information content (AvgIpc) is 3.42. The van der Waals surface area contributed by atoms with E-state index in [1.54, 1.807) is 16.8 Å². The lowest BCUT2D eigenvalue weighted by Crippen LogP contribution is -2.10. The van der Waals surface area contributed by atoms with Gasteiger partial charge >= 0.3 is 5.97 Å². The number of aromatic carboxylic acids is 1. The molecule has 5 rings (SSSR count). The van der Waals surface area contributed by atoms with Gasteiger partial charge in [0, 0.05) is 22.9 Å². The van der Waals surface area contributed by atoms with Crippen molar-refractivity contribution in [3.63, 3.8) is 0 Å². The van der Waals surface area contributed by atoms with Gasteiger partial charge in [-0.1, -0.05) is 26.8 Å². The number of hydrogen-bond donors (Lipinski definition) is 2. The Labute approximate surface area is 237 Å². The number of thiazole rings is 1. The van der Waals surface area contributed by atoms with Crippen molar-refractivity contribution in [2.45, 2.75) is 57.8 Å². The zero-order valence-electron chi connectivity index (χ0n) is 22.4. The fourth-order valence-electron chi connectivity index (χ4n) is 4.78. The Morgan fingerprint density at radius 3 is 2.52 bits per heavy atom. The molecule has 2 heterocycles. The Kier molecular flexibility index (Phi) is 7.73. The second-order valence-corrected chi connectivity index (χ2v) is 13.3. The summed E-state index contributed by atoms with van der Waals surface area (Å²) in [5, 5.41) is 21.7. The van der Waals surface area contributed by atoms with Crippen LogP contribution in [0.3, 0.4) is 0 Å². The molecule has 7 nitrogen and oxygen atoms in total. The first-order valence-corrected chi connectivity index (χ1v) is 15.0. The SMILES string of the molecule is CC(C)(C)Cc1cc(-c2nn(-c3nc(C(=O)O)cs3)c(CC3CC3)c2Cc2ccc(S(N)=O)c(F)c2)ccc1F. The summed E-state index contributed by atoms with van der Waals surface area (Å²) in [6, 6.07) is 9.37. The molecular weight excluding hydrogens is 554 g/mol. The number of benzene rings is 2. The normalized spacial score (nSPS) is 14.4. The lowest BCUT2D eigenvalue weighted by Gasteiger charge is -2.19. The number of halogens is 2. The van der Waals surface area contributed by atoms with Gasteiger partial charge in [0.15, 0.2) is 5.69 Å². The molecular formula is C29H30F2N4O3S2. The zero-order chi connectivity index (χ0) is 28.8. The number of carbonyl (C=O) groups is 1. The molecule has 2 aromatic heterocycles. The van der Waals surface area contributed by atoms with Gasteiger partial charge in [0.05, 0.1) is 16.3 Å². The topological polar surface area (TPSA) is 111 Å². The Morgan fingerprint density at radius 2 is 1.93 bits per heavy atom. The van der Waals surface area contributed by atoms with Crippen LogP contribution in [0.15, 0.2) is 46.7 Å². The fraction of sp³-hybridized carbons (Fsp3) is 0.345. The Hall–Kier alpha value is -3.28. The molecule has 1 aliphatic carbocycles. The van der Waals surface area contributed by atoms with Crippen LogP contribution >= 0.6 is 11.3 Å². The van der Waals surface area contributed by atoms with Gasteiger partial charge in [0.2, 0.25) is 5.13 Å². The van der Waals surface area contributed by atoms with E-state index in [1.165, 1.54) is 34.9 Å². The van der Waals surface area contributed by atoms with Gasteiger partial charge in [-0.2, -0.15) is 5.10 Å². The maximum absolute atomic E-state index is 14.9. The molecule has 1 unspecified atom stereocenters. The number of carboxylic acids is 1. The second kappa shape index (κ2) is 10.9. The van der Waals surface area contributed by atoms with Crippen molar-refractivity contribution in [1.82, 2.24) is 14.8 Å². The van der Waals surface area contributed by atoms with Crippen molar-refractivity contribution in [2.24, 2.45) is 16.5 Å². The van der Waals surface area contributed by atoms with E-state index in [2.05, 4.69) is 4.98 Å². The first-order valence-electron chi connectivity index (χ1n) is 12.9. The van der Waals surface area contributed by atoms with Gasteiger partial charge in [-0.05, 0) is 78.5 Å². The van der Waals surface area contributed by atoms with Gasteiger partial charge < -0.3 is 5.11 Å². The zero-order valence-corrected chi connectivity index (χ0v) is 24.0. The molecule has 0 spiro atoms. The van der Waals surface area contributed by atoms with Gasteiger partial charge in [0.1, 0.15) is 22.6 Å². The molecule has 4 aromatic rings. The molecule has 0 saturated heterocycles. The van der Waals surface area contributed by atoms with Crippen LogP contribution < -0.4 is 5.14 Å². The number of nitrogens with zero attached hydrogens (tertiary/aromatic N) is 3. The summed E-state index contributed by atoms with van der Waals surface area (Å²) in [4.78, 5) is 15.8. The monoisotopic (exact) mass is 584 g/mol. The minimum atomic E-state index is -1.95. The third kappa shape index (κ3) is 6.21. The number of aromatic nitrogens is 3. The summed E-state index contributed by atoms with van der Waals surface area (Å²) >= 11 is 1.18. The standard InChI is InChI=1S/C29H30F2N4O3S2/c1-29(2,3)14-19-13-18(7-8-21(19)30)26-20(10-17-6-9-25(40(32)38)22(31)11-17)24(12-16-4-5-16)35(34-26)28-33-23(15-39-28)27(36)37/h6-9,11,13,15-16H,4-5,10,12,14,32H2,1-3H3,(H,36,37). The molecule has 1 aliphatic rings. The summed E-state index contributed by atoms with van der Waals surface area (Å²) in [7, 11) is -1.95. The van der Waals surface area contributed by atoms with Crippen LogP contribution in [0.5, 0.6) is 0 Å². The lowest BCUT2D eigenvalue weighted by atomic mass is 9.87. The van der Waals surface area contributed by atoms with E-state index in [0.717, 1.165) is 24.1 Å². The molecule has 40 heavy (non-hydrogen) atoms. The number of rotatable bonds is 9.